The summed E-state index contributed by atoms with van der Waals surface area (Å²) in [5.41, 5.74) is 2.70. The molecule has 5 rings (SSSR count). The van der Waals surface area contributed by atoms with Gasteiger partial charge in [0.05, 0.1) is 25.8 Å². The Morgan fingerprint density at radius 2 is 1.88 bits per heavy atom. The van der Waals surface area contributed by atoms with Crippen molar-refractivity contribution in [3.63, 3.8) is 0 Å². The van der Waals surface area contributed by atoms with Gasteiger partial charge in [0.2, 0.25) is 11.7 Å². The summed E-state index contributed by atoms with van der Waals surface area (Å²) in [7, 11) is 1.61. The third kappa shape index (κ3) is 6.69. The molecule has 2 heterocycles. The van der Waals surface area contributed by atoms with Crippen LogP contribution < -0.4 is 15.5 Å². The number of cyclic esters (lactones) is 1. The van der Waals surface area contributed by atoms with E-state index in [0.717, 1.165) is 5.56 Å². The molecule has 0 saturated carbocycles. The van der Waals surface area contributed by atoms with Crippen LogP contribution in [0.4, 0.5) is 19.7 Å². The van der Waals surface area contributed by atoms with Crippen LogP contribution in [0, 0.1) is 5.82 Å². The lowest BCUT2D eigenvalue weighted by Gasteiger charge is -2.17. The predicted molar refractivity (Wildman–Crippen MR) is 149 cm³/mol. The summed E-state index contributed by atoms with van der Waals surface area (Å²) in [4.78, 5) is 38.7. The van der Waals surface area contributed by atoms with Gasteiger partial charge in [0.15, 0.2) is 0 Å². The summed E-state index contributed by atoms with van der Waals surface area (Å²) in [6.45, 7) is 1.83. The van der Waals surface area contributed by atoms with E-state index < -0.39 is 30.1 Å². The van der Waals surface area contributed by atoms with Gasteiger partial charge in [-0.25, -0.2) is 14.0 Å². The van der Waals surface area contributed by atoms with Crippen molar-refractivity contribution in [2.45, 2.75) is 25.7 Å². The van der Waals surface area contributed by atoms with Crippen molar-refractivity contribution in [3.8, 4) is 11.1 Å². The molecule has 1 aromatic heterocycles. The van der Waals surface area contributed by atoms with Gasteiger partial charge >= 0.3 is 12.2 Å². The fourth-order valence-electron chi connectivity index (χ4n) is 4.45. The number of halogens is 1. The van der Waals surface area contributed by atoms with Crippen molar-refractivity contribution in [1.29, 1.82) is 0 Å². The van der Waals surface area contributed by atoms with E-state index in [1.54, 1.807) is 43.4 Å². The number of hydrogen-bond donors (Lipinski definition) is 2. The first-order valence-electron chi connectivity index (χ1n) is 13.1. The second-order valence-corrected chi connectivity index (χ2v) is 9.62. The number of ether oxygens (including phenoxy) is 2. The molecule has 0 bridgehead atoms. The normalized spacial score (nSPS) is 15.2. The minimum atomic E-state index is -0.769. The highest BCUT2D eigenvalue weighted by atomic mass is 19.1. The first-order chi connectivity index (χ1) is 20.3. The van der Waals surface area contributed by atoms with Crippen molar-refractivity contribution in [2.75, 3.05) is 18.0 Å². The molecule has 42 heavy (non-hydrogen) atoms. The zero-order valence-electron chi connectivity index (χ0n) is 22.9. The maximum absolute atomic E-state index is 15.3. The van der Waals surface area contributed by atoms with Crippen LogP contribution in [-0.4, -0.2) is 57.5 Å². The summed E-state index contributed by atoms with van der Waals surface area (Å²) in [5, 5.41) is 17.5. The van der Waals surface area contributed by atoms with Crippen molar-refractivity contribution in [2.24, 2.45) is 7.05 Å². The molecular formula is C29H28FN7O5. The lowest BCUT2D eigenvalue weighted by Crippen LogP contribution is -2.33. The number of tetrazole rings is 1. The van der Waals surface area contributed by atoms with Crippen molar-refractivity contribution in [3.05, 3.63) is 95.6 Å². The summed E-state index contributed by atoms with van der Waals surface area (Å²) in [6, 6.07) is 19.9. The Bertz CT molecular complexity index is 1580. The van der Waals surface area contributed by atoms with Gasteiger partial charge in [-0.05, 0) is 40.1 Å². The van der Waals surface area contributed by atoms with Crippen LogP contribution in [-0.2, 0) is 27.9 Å². The number of hydrogen-bond acceptors (Lipinski definition) is 8. The van der Waals surface area contributed by atoms with Gasteiger partial charge in [0.1, 0.15) is 24.6 Å². The third-order valence-corrected chi connectivity index (χ3v) is 6.53. The van der Waals surface area contributed by atoms with Gasteiger partial charge in [-0.15, -0.1) is 10.2 Å². The molecule has 1 saturated heterocycles. The summed E-state index contributed by atoms with van der Waals surface area (Å²) in [5.74, 6) is -0.510. The minimum absolute atomic E-state index is 0.0899. The van der Waals surface area contributed by atoms with Gasteiger partial charge in [-0.3, -0.25) is 9.69 Å². The molecule has 2 atom stereocenters. The number of nitrogens with one attached hydrogen (secondary N) is 2. The molecule has 216 valence electrons. The Balaban J connectivity index is 1.30. The molecule has 1 aliphatic rings. The molecule has 0 aliphatic carbocycles. The Hall–Kier alpha value is -5.33. The zero-order valence-corrected chi connectivity index (χ0v) is 22.9. The number of benzene rings is 3. The highest BCUT2D eigenvalue weighted by Gasteiger charge is 2.33. The van der Waals surface area contributed by atoms with E-state index >= 15 is 4.39 Å². The van der Waals surface area contributed by atoms with Crippen LogP contribution in [0.2, 0.25) is 0 Å². The monoisotopic (exact) mass is 573 g/mol. The third-order valence-electron chi connectivity index (χ3n) is 6.53. The van der Waals surface area contributed by atoms with Crippen molar-refractivity contribution >= 4 is 23.8 Å². The predicted octanol–water partition coefficient (Wildman–Crippen LogP) is 3.49. The van der Waals surface area contributed by atoms with Crippen LogP contribution in [0.25, 0.3) is 11.1 Å². The number of alkyl carbamates (subject to hydrolysis) is 1. The first kappa shape index (κ1) is 28.2. The highest BCUT2D eigenvalue weighted by molar-refractivity contribution is 5.90. The molecule has 2 N–H and O–H groups in total. The lowest BCUT2D eigenvalue weighted by atomic mass is 9.99. The molecule has 3 amide bonds. The standard InChI is InChI=1S/C29H28FN7O5/c1-18(38)31-15-23-16-37(29(40)42-23)22-12-13-24(25(30)14-22)20-8-10-21(11-9-20)26(27-33-35-36(2)34-27)32-28(39)41-17-19-6-4-3-5-7-19/h3-14,23,26H,15-17H2,1-2H3,(H,31,38)(H,32,39)/t23-,26+/m0/s1. The molecule has 0 unspecified atom stereocenters. The summed E-state index contributed by atoms with van der Waals surface area (Å²) >= 11 is 0. The van der Waals surface area contributed by atoms with Gasteiger partial charge in [-0.2, -0.15) is 4.80 Å². The maximum atomic E-state index is 15.3. The summed E-state index contributed by atoms with van der Waals surface area (Å²) < 4.78 is 25.9. The number of nitrogens with zero attached hydrogens (tertiary/aromatic N) is 5. The van der Waals surface area contributed by atoms with Crippen molar-refractivity contribution < 1.29 is 28.2 Å². The topological polar surface area (TPSA) is 141 Å². The SMILES string of the molecule is CC(=O)NC[C@H]1CN(c2ccc(-c3ccc([C@@H](NC(=O)OCc4ccccc4)c4nnn(C)n4)cc3)c(F)c2)C(=O)O1. The van der Waals surface area contributed by atoms with E-state index in [-0.39, 0.29) is 31.4 Å². The van der Waals surface area contributed by atoms with E-state index in [2.05, 4.69) is 26.0 Å². The number of carbonyl (C=O) groups is 3. The Kier molecular flexibility index (Phi) is 8.37. The van der Waals surface area contributed by atoms with Gasteiger partial charge < -0.3 is 20.1 Å². The van der Waals surface area contributed by atoms with E-state index in [9.17, 15) is 14.4 Å². The van der Waals surface area contributed by atoms with Crippen LogP contribution in [0.5, 0.6) is 0 Å². The van der Waals surface area contributed by atoms with Crippen LogP contribution in [0.15, 0.2) is 72.8 Å². The zero-order chi connectivity index (χ0) is 29.6. The van der Waals surface area contributed by atoms with E-state index in [1.807, 2.05) is 30.3 Å². The van der Waals surface area contributed by atoms with Crippen molar-refractivity contribution in [1.82, 2.24) is 30.8 Å². The fraction of sp³-hybridized carbons (Fsp3) is 0.241. The second-order valence-electron chi connectivity index (χ2n) is 9.62. The number of rotatable bonds is 9. The van der Waals surface area contributed by atoms with Gasteiger partial charge in [0, 0.05) is 12.5 Å². The molecule has 1 aliphatic heterocycles. The molecular weight excluding hydrogens is 545 g/mol. The van der Waals surface area contributed by atoms with E-state index in [4.69, 9.17) is 9.47 Å². The molecule has 1 fully saturated rings. The first-order valence-corrected chi connectivity index (χ1v) is 13.1. The molecule has 0 radical (unpaired) electrons. The fourth-order valence-corrected chi connectivity index (χ4v) is 4.45. The van der Waals surface area contributed by atoms with E-state index in [1.165, 1.54) is 22.7 Å². The largest absolute Gasteiger partial charge is 0.445 e. The molecule has 13 heteroatoms. The number of aromatic nitrogens is 4. The average molecular weight is 574 g/mol. The quantitative estimate of drug-likeness (QED) is 0.310. The Morgan fingerprint density at radius 3 is 2.55 bits per heavy atom. The summed E-state index contributed by atoms with van der Waals surface area (Å²) in [6.07, 6.45) is -1.81. The number of carbonyl (C=O) groups excluding carboxylic acids is 3. The van der Waals surface area contributed by atoms with Crippen LogP contribution >= 0.6 is 0 Å². The number of amides is 3. The van der Waals surface area contributed by atoms with Gasteiger partial charge in [0.25, 0.3) is 0 Å². The maximum Gasteiger partial charge on any atom is 0.414 e. The van der Waals surface area contributed by atoms with Crippen LogP contribution in [0.3, 0.4) is 0 Å². The lowest BCUT2D eigenvalue weighted by molar-refractivity contribution is -0.119. The Morgan fingerprint density at radius 1 is 1.12 bits per heavy atom. The van der Waals surface area contributed by atoms with Crippen LogP contribution in [0.1, 0.15) is 29.9 Å². The second kappa shape index (κ2) is 12.5. The number of anilines is 1. The highest BCUT2D eigenvalue weighted by Crippen LogP contribution is 2.30. The molecule has 4 aromatic rings. The Labute approximate surface area is 240 Å². The molecule has 3 aromatic carbocycles. The van der Waals surface area contributed by atoms with Gasteiger partial charge in [-0.1, -0.05) is 54.6 Å². The average Bonchev–Trinajstić information content (AvgIpc) is 3.59. The number of aryl methyl sites for hydroxylation is 1. The smallest absolute Gasteiger partial charge is 0.414 e. The molecule has 0 spiro atoms. The minimum Gasteiger partial charge on any atom is -0.445 e. The molecule has 12 nitrogen and oxygen atoms in total. The van der Waals surface area contributed by atoms with E-state index in [0.29, 0.717) is 22.4 Å².